The minimum atomic E-state index is 0.284. The van der Waals surface area contributed by atoms with Crippen LogP contribution in [0.1, 0.15) is 43.0 Å². The molecule has 0 aliphatic heterocycles. The van der Waals surface area contributed by atoms with Crippen LogP contribution >= 0.6 is 11.8 Å². The molecule has 0 spiro atoms. The Morgan fingerprint density at radius 2 is 1.68 bits per heavy atom. The number of benzene rings is 1. The highest BCUT2D eigenvalue weighted by Crippen LogP contribution is 2.25. The highest BCUT2D eigenvalue weighted by atomic mass is 32.2. The molecule has 0 aromatic heterocycles. The Morgan fingerprint density at radius 1 is 1.16 bits per heavy atom. The lowest BCUT2D eigenvalue weighted by molar-refractivity contribution is 0.571. The largest absolute Gasteiger partial charge is 0.271 e. The first-order chi connectivity index (χ1) is 8.73. The van der Waals surface area contributed by atoms with Crippen molar-refractivity contribution in [1.82, 2.24) is 5.43 Å². The molecule has 3 N–H and O–H groups in total. The molecule has 19 heavy (non-hydrogen) atoms. The third-order valence-electron chi connectivity index (χ3n) is 3.24. The fourth-order valence-electron chi connectivity index (χ4n) is 2.29. The SMILES string of the molecule is Cc1cc(C)c(CC(CSC(C)(C)C)NN)c(C)c1. The molecule has 0 saturated heterocycles. The summed E-state index contributed by atoms with van der Waals surface area (Å²) < 4.78 is 0.284. The minimum Gasteiger partial charge on any atom is -0.271 e. The van der Waals surface area contributed by atoms with E-state index in [1.165, 1.54) is 22.3 Å². The van der Waals surface area contributed by atoms with Crippen molar-refractivity contribution in [2.45, 2.75) is 58.8 Å². The van der Waals surface area contributed by atoms with Crippen molar-refractivity contribution in [2.75, 3.05) is 5.75 Å². The van der Waals surface area contributed by atoms with Gasteiger partial charge in [0.05, 0.1) is 0 Å². The molecule has 1 rings (SSSR count). The van der Waals surface area contributed by atoms with Gasteiger partial charge in [-0.25, -0.2) is 0 Å². The summed E-state index contributed by atoms with van der Waals surface area (Å²) in [5.74, 6) is 6.75. The van der Waals surface area contributed by atoms with E-state index in [9.17, 15) is 0 Å². The van der Waals surface area contributed by atoms with Crippen LogP contribution in [0.5, 0.6) is 0 Å². The lowest BCUT2D eigenvalue weighted by Gasteiger charge is -2.24. The van der Waals surface area contributed by atoms with Crippen molar-refractivity contribution in [2.24, 2.45) is 5.84 Å². The van der Waals surface area contributed by atoms with Crippen molar-refractivity contribution in [3.8, 4) is 0 Å². The van der Waals surface area contributed by atoms with Gasteiger partial charge in [-0.2, -0.15) is 11.8 Å². The van der Waals surface area contributed by atoms with E-state index in [1.54, 1.807) is 0 Å². The molecule has 0 saturated carbocycles. The molecule has 0 aliphatic carbocycles. The molecule has 0 heterocycles. The van der Waals surface area contributed by atoms with Gasteiger partial charge in [-0.1, -0.05) is 38.5 Å². The second-order valence-corrected chi connectivity index (χ2v) is 8.22. The topological polar surface area (TPSA) is 38.0 Å². The summed E-state index contributed by atoms with van der Waals surface area (Å²) in [6.07, 6.45) is 0.998. The molecule has 1 unspecified atom stereocenters. The molecule has 3 heteroatoms. The van der Waals surface area contributed by atoms with E-state index in [-0.39, 0.29) is 4.75 Å². The number of nitrogens with two attached hydrogens (primary N) is 1. The molecule has 108 valence electrons. The predicted molar refractivity (Wildman–Crippen MR) is 87.7 cm³/mol. The third-order valence-corrected chi connectivity index (χ3v) is 4.68. The van der Waals surface area contributed by atoms with Crippen molar-refractivity contribution < 1.29 is 0 Å². The average Bonchev–Trinajstić information content (AvgIpc) is 2.25. The smallest absolute Gasteiger partial charge is 0.0341 e. The van der Waals surface area contributed by atoms with Gasteiger partial charge in [0.2, 0.25) is 0 Å². The molecule has 0 radical (unpaired) electrons. The summed E-state index contributed by atoms with van der Waals surface area (Å²) in [4.78, 5) is 0. The molecule has 2 nitrogen and oxygen atoms in total. The number of hydrogen-bond acceptors (Lipinski definition) is 3. The van der Waals surface area contributed by atoms with E-state index < -0.39 is 0 Å². The van der Waals surface area contributed by atoms with Gasteiger partial charge in [0.15, 0.2) is 0 Å². The van der Waals surface area contributed by atoms with Gasteiger partial charge in [0.25, 0.3) is 0 Å². The summed E-state index contributed by atoms with van der Waals surface area (Å²) in [5, 5.41) is 0. The average molecular weight is 280 g/mol. The van der Waals surface area contributed by atoms with Gasteiger partial charge in [0.1, 0.15) is 0 Å². The van der Waals surface area contributed by atoms with Crippen molar-refractivity contribution in [3.63, 3.8) is 0 Å². The quantitative estimate of drug-likeness (QED) is 0.640. The maximum absolute atomic E-state index is 5.72. The van der Waals surface area contributed by atoms with E-state index in [0.29, 0.717) is 6.04 Å². The van der Waals surface area contributed by atoms with E-state index in [2.05, 4.69) is 59.1 Å². The van der Waals surface area contributed by atoms with E-state index in [4.69, 9.17) is 5.84 Å². The normalized spacial score (nSPS) is 13.6. The number of nitrogens with one attached hydrogen (secondary N) is 1. The van der Waals surface area contributed by atoms with Gasteiger partial charge >= 0.3 is 0 Å². The first-order valence-corrected chi connectivity index (χ1v) is 7.88. The molecule has 0 fully saturated rings. The zero-order valence-electron chi connectivity index (χ0n) is 13.1. The first-order valence-electron chi connectivity index (χ1n) is 6.89. The first kappa shape index (κ1) is 16.5. The second-order valence-electron chi connectivity index (χ2n) is 6.37. The van der Waals surface area contributed by atoms with Crippen LogP contribution in [-0.4, -0.2) is 16.5 Å². The molecular formula is C16H28N2S. The van der Waals surface area contributed by atoms with Gasteiger partial charge in [-0.15, -0.1) is 0 Å². The number of hydrazine groups is 1. The van der Waals surface area contributed by atoms with Crippen LogP contribution in [0, 0.1) is 20.8 Å². The summed E-state index contributed by atoms with van der Waals surface area (Å²) in [7, 11) is 0. The van der Waals surface area contributed by atoms with Gasteiger partial charge in [0, 0.05) is 16.5 Å². The summed E-state index contributed by atoms with van der Waals surface area (Å²) >= 11 is 1.96. The predicted octanol–water partition coefficient (Wildman–Crippen LogP) is 3.52. The van der Waals surface area contributed by atoms with Crippen LogP contribution < -0.4 is 11.3 Å². The molecule has 1 aromatic carbocycles. The van der Waals surface area contributed by atoms with Crippen molar-refractivity contribution in [3.05, 3.63) is 34.4 Å². The number of rotatable bonds is 5. The van der Waals surface area contributed by atoms with E-state index in [1.807, 2.05) is 11.8 Å². The standard InChI is InChI=1S/C16H28N2S/c1-11-7-12(2)15(13(3)8-11)9-14(18-17)10-19-16(4,5)6/h7-8,14,18H,9-10,17H2,1-6H3. The number of hydrogen-bond donors (Lipinski definition) is 2. The molecule has 1 atom stereocenters. The summed E-state index contributed by atoms with van der Waals surface area (Å²) in [5.41, 5.74) is 8.49. The Kier molecular flexibility index (Phi) is 5.90. The van der Waals surface area contributed by atoms with Crippen LogP contribution in [0.3, 0.4) is 0 Å². The molecule has 0 aliphatic rings. The van der Waals surface area contributed by atoms with Crippen LogP contribution in [0.2, 0.25) is 0 Å². The highest BCUT2D eigenvalue weighted by molar-refractivity contribution is 8.00. The summed E-state index contributed by atoms with van der Waals surface area (Å²) in [6, 6.07) is 4.84. The Morgan fingerprint density at radius 3 is 2.11 bits per heavy atom. The number of aryl methyl sites for hydroxylation is 3. The van der Waals surface area contributed by atoms with Crippen LogP contribution in [0.25, 0.3) is 0 Å². The molecule has 0 amide bonds. The van der Waals surface area contributed by atoms with E-state index in [0.717, 1.165) is 12.2 Å². The van der Waals surface area contributed by atoms with E-state index >= 15 is 0 Å². The Labute approximate surface area is 122 Å². The molecule has 0 bridgehead atoms. The maximum atomic E-state index is 5.72. The summed E-state index contributed by atoms with van der Waals surface area (Å²) in [6.45, 7) is 13.3. The van der Waals surface area contributed by atoms with Gasteiger partial charge < -0.3 is 0 Å². The Balaban J connectivity index is 2.76. The molecule has 1 aromatic rings. The third kappa shape index (κ3) is 5.55. The Hall–Kier alpha value is -0.510. The zero-order chi connectivity index (χ0) is 14.6. The minimum absolute atomic E-state index is 0.284. The van der Waals surface area contributed by atoms with Crippen LogP contribution in [0.4, 0.5) is 0 Å². The fourth-order valence-corrected chi connectivity index (χ4v) is 3.21. The van der Waals surface area contributed by atoms with Gasteiger partial charge in [-0.3, -0.25) is 11.3 Å². The van der Waals surface area contributed by atoms with Gasteiger partial charge in [-0.05, 0) is 43.9 Å². The second kappa shape index (κ2) is 6.78. The van der Waals surface area contributed by atoms with Crippen LogP contribution in [0.15, 0.2) is 12.1 Å². The maximum Gasteiger partial charge on any atom is 0.0341 e. The van der Waals surface area contributed by atoms with Crippen LogP contribution in [-0.2, 0) is 6.42 Å². The monoisotopic (exact) mass is 280 g/mol. The lowest BCUT2D eigenvalue weighted by Crippen LogP contribution is -2.39. The van der Waals surface area contributed by atoms with Crippen molar-refractivity contribution >= 4 is 11.8 Å². The zero-order valence-corrected chi connectivity index (χ0v) is 13.9. The number of thioether (sulfide) groups is 1. The lowest BCUT2D eigenvalue weighted by atomic mass is 9.95. The fraction of sp³-hybridized carbons (Fsp3) is 0.625. The molecular weight excluding hydrogens is 252 g/mol. The Bertz CT molecular complexity index is 398. The van der Waals surface area contributed by atoms with Crippen molar-refractivity contribution in [1.29, 1.82) is 0 Å². The highest BCUT2D eigenvalue weighted by Gasteiger charge is 2.17.